The van der Waals surface area contributed by atoms with E-state index in [0.717, 1.165) is 29.4 Å². The quantitative estimate of drug-likeness (QED) is 0.0297. The van der Waals surface area contributed by atoms with E-state index in [2.05, 4.69) is 60.5 Å². The maximum absolute atomic E-state index is 14.5. The van der Waals surface area contributed by atoms with Crippen molar-refractivity contribution in [2.24, 2.45) is 0 Å². The number of thiol groups is 1. The molecule has 13 heterocycles. The summed E-state index contributed by atoms with van der Waals surface area (Å²) in [6.45, 7) is -6.00. The lowest BCUT2D eigenvalue weighted by molar-refractivity contribution is -0.148. The van der Waals surface area contributed by atoms with Gasteiger partial charge in [-0.1, -0.05) is 0 Å². The number of hydrogen-bond donors (Lipinski definition) is 18. The minimum absolute atomic E-state index is 0.0116. The van der Waals surface area contributed by atoms with Crippen LogP contribution in [0.2, 0.25) is 0 Å². The number of carboxylic acid groups (broad SMARTS) is 1. The molecule has 13 saturated heterocycles. The monoisotopic (exact) mass is 1890 g/mol. The molecule has 0 radical (unpaired) electrons. The van der Waals surface area contributed by atoms with Crippen LogP contribution in [0.25, 0.3) is 0 Å². The van der Waals surface area contributed by atoms with E-state index >= 15 is 0 Å². The normalized spacial score (nSPS) is 30.4. The third-order valence-corrected chi connectivity index (χ3v) is 27.8. The zero-order valence-electron chi connectivity index (χ0n) is 73.4. The summed E-state index contributed by atoms with van der Waals surface area (Å²) < 4.78 is 0. The molecular formula is C82H119N21O29S. The van der Waals surface area contributed by atoms with Crippen molar-refractivity contribution in [3.8, 4) is 0 Å². The summed E-state index contributed by atoms with van der Waals surface area (Å²) in [7, 11) is 0. The minimum atomic E-state index is -1.43. The number of amides is 20. The smallest absolute Gasteiger partial charge is 0.322 e. The molecule has 13 aliphatic heterocycles. The Bertz CT molecular complexity index is 4540. The van der Waals surface area contributed by atoms with Gasteiger partial charge in [0.1, 0.15) is 85.1 Å². The van der Waals surface area contributed by atoms with Crippen molar-refractivity contribution in [1.29, 1.82) is 0 Å². The number of nitrogens with one attached hydrogen (secondary N) is 9. The Morgan fingerprint density at radius 2 is 0.496 bits per heavy atom. The molecule has 13 aliphatic rings. The molecule has 732 valence electrons. The minimum Gasteiger partial charge on any atom is -0.480 e. The molecule has 0 spiro atoms. The fourth-order valence-electron chi connectivity index (χ4n) is 20.9. The molecule has 0 aromatic carbocycles. The summed E-state index contributed by atoms with van der Waals surface area (Å²) in [4.78, 5) is 302. The van der Waals surface area contributed by atoms with Crippen LogP contribution < -0.4 is 47.9 Å². The van der Waals surface area contributed by atoms with Gasteiger partial charge in [0.25, 0.3) is 0 Å². The van der Waals surface area contributed by atoms with E-state index in [1.807, 2.05) is 0 Å². The number of likely N-dealkylation sites (tertiary alicyclic amines) is 12. The van der Waals surface area contributed by atoms with E-state index < -0.39 is 291 Å². The highest BCUT2D eigenvalue weighted by Crippen LogP contribution is 2.34. The summed E-state index contributed by atoms with van der Waals surface area (Å²) in [6.07, 6.45) is -5.87. The Morgan fingerprint density at radius 3 is 0.729 bits per heavy atom. The molecule has 13 rings (SSSR count). The number of rotatable bonds is 30. The number of carboxylic acids is 1. The number of aliphatic hydroxyl groups excluding tert-OH is 7. The van der Waals surface area contributed by atoms with E-state index in [0.29, 0.717) is 51.5 Å². The Kier molecular flexibility index (Phi) is 32.5. The lowest BCUT2D eigenvalue weighted by Gasteiger charge is -2.32. The van der Waals surface area contributed by atoms with Gasteiger partial charge in [-0.3, -0.25) is 101 Å². The molecule has 17 N–H and O–H groups in total. The molecule has 0 aromatic rings. The molecule has 21 atom stereocenters. The number of β-amino-alcohol motifs (C(OH)–C–C–N with tert-alkyl or cyclic N) is 7. The van der Waals surface area contributed by atoms with Crippen LogP contribution in [0.3, 0.4) is 0 Å². The van der Waals surface area contributed by atoms with Gasteiger partial charge >= 0.3 is 5.97 Å². The van der Waals surface area contributed by atoms with Crippen molar-refractivity contribution in [3.05, 3.63) is 0 Å². The zero-order valence-corrected chi connectivity index (χ0v) is 74.3. The molecular weight excluding hydrogens is 1780 g/mol. The largest absolute Gasteiger partial charge is 0.480 e. The van der Waals surface area contributed by atoms with E-state index in [-0.39, 0.29) is 167 Å². The van der Waals surface area contributed by atoms with Crippen molar-refractivity contribution in [1.82, 2.24) is 107 Å². The van der Waals surface area contributed by atoms with Gasteiger partial charge in [-0.2, -0.15) is 12.6 Å². The molecule has 20 amide bonds. The highest BCUT2D eigenvalue weighted by molar-refractivity contribution is 7.80. The fourth-order valence-corrected chi connectivity index (χ4v) is 21.1. The summed E-state index contributed by atoms with van der Waals surface area (Å²) in [5.41, 5.74) is 0. The average molecular weight is 1900 g/mol. The summed E-state index contributed by atoms with van der Waals surface area (Å²) in [5.74, 6) is -16.5. The maximum atomic E-state index is 14.5. The van der Waals surface area contributed by atoms with Gasteiger partial charge in [0, 0.05) is 129 Å². The van der Waals surface area contributed by atoms with Gasteiger partial charge in [0.05, 0.1) is 88.0 Å². The predicted molar refractivity (Wildman–Crippen MR) is 452 cm³/mol. The number of carbonyl (C=O) groups excluding carboxylic acids is 20. The third-order valence-electron chi connectivity index (χ3n) is 27.5. The van der Waals surface area contributed by atoms with E-state index in [4.69, 9.17) is 5.11 Å². The van der Waals surface area contributed by atoms with Crippen LogP contribution in [0.5, 0.6) is 0 Å². The highest BCUT2D eigenvalue weighted by atomic mass is 32.1. The van der Waals surface area contributed by atoms with Gasteiger partial charge in [-0.25, -0.2) is 0 Å². The number of aliphatic carboxylic acids is 1. The maximum Gasteiger partial charge on any atom is 0.322 e. The average Bonchev–Trinajstić information content (AvgIpc) is 1.64. The van der Waals surface area contributed by atoms with E-state index in [1.165, 1.54) is 29.4 Å². The third kappa shape index (κ3) is 22.6. The van der Waals surface area contributed by atoms with Crippen LogP contribution in [-0.2, 0) is 101 Å². The zero-order chi connectivity index (χ0) is 95.8. The first-order valence-electron chi connectivity index (χ1n) is 45.6. The van der Waals surface area contributed by atoms with Gasteiger partial charge in [-0.15, -0.1) is 0 Å². The van der Waals surface area contributed by atoms with Crippen LogP contribution in [0.1, 0.15) is 122 Å². The second-order valence-electron chi connectivity index (χ2n) is 36.4. The first kappa shape index (κ1) is 99.4. The standard InChI is InChI=1S/C82H119N21O29S/c104-41-19-48(83-26-41)77(127)92-13-1-7-50(92)70(120)86-29-64(113)100-36-44(107)22-58(100)79(129)94-15-3-9-52(94)72(122)88-31-66(115)102-38-46(109)24-60(102)81(131)96-17-5-11-54(96)74(124)89-32-67(116)103-39-47(110)25-61(103)80(130)95-16-4-10-53(95)73(123)87-30-65(114)101-37-45(108)23-59(101)78(128)93-14-2-8-51(93)71(121)85-28-62(111)98-34-42(105)20-56(98)76(126)91-49(40-133)69(119)84-27-63(112)99-35-43(106)21-57(99)82(132)97-18-6-12-55(97)75(125)90-33-68(117)118/h41-61,83,104-110,133H,1-40H2,(H,84,119)(H,85,121)(H,86,120)(H,87,123)(H,88,122)(H,89,124)(H,90,125)(H,91,126)(H,117,118)/t41-,42-,43-,44-,45-,46-,47-,48+,49+,50+,51+,52+,53+,54+,55+,56+,57+,58+,59+,60+,61+/m1/s1. The molecule has 13 fully saturated rings. The number of aliphatic hydroxyl groups is 7. The topological polar surface area (TPSA) is 667 Å². The molecule has 0 saturated carbocycles. The Labute approximate surface area is 767 Å². The molecule has 51 heteroatoms. The van der Waals surface area contributed by atoms with E-state index in [9.17, 15) is 136 Å². The Balaban J connectivity index is 0.533. The van der Waals surface area contributed by atoms with Crippen LogP contribution >= 0.6 is 12.6 Å². The summed E-state index contributed by atoms with van der Waals surface area (Å²) in [6, 6.07) is -16.5. The van der Waals surface area contributed by atoms with Crippen LogP contribution in [0.15, 0.2) is 0 Å². The Hall–Kier alpha value is -11.1. The second kappa shape index (κ2) is 43.5. The van der Waals surface area contributed by atoms with Crippen LogP contribution in [0, 0.1) is 0 Å². The Morgan fingerprint density at radius 1 is 0.271 bits per heavy atom. The van der Waals surface area contributed by atoms with Crippen molar-refractivity contribution in [3.63, 3.8) is 0 Å². The summed E-state index contributed by atoms with van der Waals surface area (Å²) >= 11 is 4.19. The van der Waals surface area contributed by atoms with Gasteiger partial charge < -0.3 is 148 Å². The first-order valence-corrected chi connectivity index (χ1v) is 46.2. The van der Waals surface area contributed by atoms with Crippen molar-refractivity contribution in [2.45, 2.75) is 249 Å². The molecule has 0 bridgehead atoms. The predicted octanol–water partition coefficient (Wildman–Crippen LogP) is -14.3. The number of nitrogens with zero attached hydrogens (tertiary/aromatic N) is 12. The van der Waals surface area contributed by atoms with Crippen LogP contribution in [0.4, 0.5) is 0 Å². The SMILES string of the molecule is O=C(O)CNC(=O)[C@@H]1CCCN1C(=O)[C@@H]1C[C@@H](O)CN1C(=O)CNC(=O)[C@H](CS)NC(=O)[C@@H]1C[C@@H](O)CN1C(=O)CNC(=O)[C@@H]1CCCN1C(=O)[C@@H]1C[C@@H](O)CN1C(=O)CNC(=O)[C@@H]1CCCN1C(=O)[C@@H]1C[C@@H](O)CN1C(=O)CNC(=O)[C@@H]1CCCN1C(=O)[C@@H]1C[C@@H](O)CN1C(=O)CNC(=O)[C@@H]1CCCN1C(=O)[C@@H]1C[C@@H](O)CN1C(=O)CNC(=O)[C@@H]1CCCN1C(=O)[C@@H]1C[C@@H](O)CN1. The molecule has 0 unspecified atom stereocenters. The van der Waals surface area contributed by atoms with E-state index in [1.54, 1.807) is 0 Å². The number of hydrogen-bond acceptors (Lipinski definition) is 30. The fraction of sp³-hybridized carbons (Fsp3) is 0.744. The van der Waals surface area contributed by atoms with Crippen molar-refractivity contribution < 1.29 is 142 Å². The lowest BCUT2D eigenvalue weighted by Crippen LogP contribution is -2.57. The van der Waals surface area contributed by atoms with Crippen molar-refractivity contribution >= 4 is 137 Å². The first-order chi connectivity index (χ1) is 63.4. The molecule has 0 aromatic heterocycles. The van der Waals surface area contributed by atoms with Crippen molar-refractivity contribution in [2.75, 3.05) is 137 Å². The second-order valence-corrected chi connectivity index (χ2v) is 36.7. The van der Waals surface area contributed by atoms with Gasteiger partial charge in [-0.05, 0) is 83.5 Å². The molecule has 133 heavy (non-hydrogen) atoms. The molecule has 50 nitrogen and oxygen atoms in total. The lowest BCUT2D eigenvalue weighted by atomic mass is 10.1. The summed E-state index contributed by atoms with van der Waals surface area (Å²) in [5, 5.41) is 106. The number of carbonyl (C=O) groups is 21. The van der Waals surface area contributed by atoms with Gasteiger partial charge in [0.2, 0.25) is 118 Å². The van der Waals surface area contributed by atoms with Crippen LogP contribution in [-0.4, -0.2) is 488 Å². The highest BCUT2D eigenvalue weighted by Gasteiger charge is 2.53. The molecule has 0 aliphatic carbocycles. The van der Waals surface area contributed by atoms with Gasteiger partial charge in [0.15, 0.2) is 0 Å².